The summed E-state index contributed by atoms with van der Waals surface area (Å²) in [6, 6.07) is 8.22. The maximum absolute atomic E-state index is 6.03. The Kier molecular flexibility index (Phi) is 8.07. The van der Waals surface area contributed by atoms with Gasteiger partial charge in [-0.05, 0) is 38.0 Å². The molecular weight excluding hydrogens is 262 g/mol. The van der Waals surface area contributed by atoms with Gasteiger partial charge >= 0.3 is 0 Å². The average Bonchev–Trinajstić information content (AvgIpc) is 2.40. The topological polar surface area (TPSA) is 30.5 Å². The van der Waals surface area contributed by atoms with Gasteiger partial charge in [-0.2, -0.15) is 0 Å². The number of benzene rings is 1. The highest BCUT2D eigenvalue weighted by Crippen LogP contribution is 2.20. The van der Waals surface area contributed by atoms with Gasteiger partial charge in [0, 0.05) is 30.8 Å². The molecule has 0 aromatic heterocycles. The van der Waals surface area contributed by atoms with Crippen molar-refractivity contribution in [3.8, 4) is 0 Å². The highest BCUT2D eigenvalue weighted by atomic mass is 35.5. The second kappa shape index (κ2) is 9.32. The maximum atomic E-state index is 6.03. The molecule has 0 radical (unpaired) electrons. The van der Waals surface area contributed by atoms with E-state index >= 15 is 0 Å². The van der Waals surface area contributed by atoms with Crippen LogP contribution in [0, 0.1) is 0 Å². The van der Waals surface area contributed by atoms with E-state index in [0.717, 1.165) is 11.4 Å². The zero-order chi connectivity index (χ0) is 14.1. The molecule has 0 spiro atoms. The molecule has 0 aliphatic carbocycles. The van der Waals surface area contributed by atoms with E-state index in [-0.39, 0.29) is 12.3 Å². The molecule has 19 heavy (non-hydrogen) atoms. The Morgan fingerprint density at radius 3 is 2.37 bits per heavy atom. The van der Waals surface area contributed by atoms with Gasteiger partial charge in [-0.3, -0.25) is 0 Å². The van der Waals surface area contributed by atoms with E-state index in [9.17, 15) is 0 Å². The van der Waals surface area contributed by atoms with Crippen LogP contribution < -0.4 is 5.32 Å². The van der Waals surface area contributed by atoms with Crippen molar-refractivity contribution in [3.63, 3.8) is 0 Å². The highest BCUT2D eigenvalue weighted by molar-refractivity contribution is 6.30. The van der Waals surface area contributed by atoms with E-state index in [0.29, 0.717) is 19.8 Å². The molecule has 1 aromatic carbocycles. The van der Waals surface area contributed by atoms with Crippen molar-refractivity contribution in [2.24, 2.45) is 0 Å². The number of nitrogens with one attached hydrogen (secondary N) is 1. The second-order valence-electron chi connectivity index (χ2n) is 4.26. The van der Waals surface area contributed by atoms with Crippen molar-refractivity contribution in [2.45, 2.75) is 39.5 Å². The molecule has 1 unspecified atom stereocenters. The summed E-state index contributed by atoms with van der Waals surface area (Å²) >= 11 is 6.03. The first-order chi connectivity index (χ1) is 9.21. The van der Waals surface area contributed by atoms with Gasteiger partial charge in [0.25, 0.3) is 0 Å². The van der Waals surface area contributed by atoms with Crippen LogP contribution >= 0.6 is 11.6 Å². The van der Waals surface area contributed by atoms with Gasteiger partial charge in [-0.1, -0.05) is 30.7 Å². The largest absolute Gasteiger partial charge is 0.352 e. The summed E-state index contributed by atoms with van der Waals surface area (Å²) in [6.07, 6.45) is 0.800. The number of rotatable bonds is 9. The molecule has 0 fully saturated rings. The van der Waals surface area contributed by atoms with Crippen LogP contribution in [0.15, 0.2) is 24.3 Å². The summed E-state index contributed by atoms with van der Waals surface area (Å²) in [4.78, 5) is 0. The molecule has 4 heteroatoms. The lowest BCUT2D eigenvalue weighted by Crippen LogP contribution is -2.34. The van der Waals surface area contributed by atoms with Gasteiger partial charge in [0.1, 0.15) is 0 Å². The Morgan fingerprint density at radius 1 is 1.16 bits per heavy atom. The van der Waals surface area contributed by atoms with E-state index in [4.69, 9.17) is 21.1 Å². The Morgan fingerprint density at radius 2 is 1.84 bits per heavy atom. The van der Waals surface area contributed by atoms with Crippen LogP contribution in [0.2, 0.25) is 5.02 Å². The third-order valence-electron chi connectivity index (χ3n) is 2.90. The lowest BCUT2D eigenvalue weighted by Gasteiger charge is -2.22. The van der Waals surface area contributed by atoms with Crippen LogP contribution in [-0.2, 0) is 9.47 Å². The van der Waals surface area contributed by atoms with Gasteiger partial charge in [0.15, 0.2) is 6.29 Å². The smallest absolute Gasteiger partial charge is 0.169 e. The molecule has 1 atom stereocenters. The van der Waals surface area contributed by atoms with Crippen molar-refractivity contribution in [2.75, 3.05) is 19.8 Å². The number of hydrogen-bond acceptors (Lipinski definition) is 3. The Labute approximate surface area is 121 Å². The number of halogens is 1. The first kappa shape index (κ1) is 16.4. The van der Waals surface area contributed by atoms with Gasteiger partial charge in [-0.25, -0.2) is 0 Å². The van der Waals surface area contributed by atoms with Crippen molar-refractivity contribution >= 4 is 11.6 Å². The maximum Gasteiger partial charge on any atom is 0.169 e. The molecule has 0 aliphatic rings. The Balaban J connectivity index is 2.56. The van der Waals surface area contributed by atoms with Crippen molar-refractivity contribution in [1.29, 1.82) is 0 Å². The molecular formula is C15H24ClNO2. The van der Waals surface area contributed by atoms with Crippen LogP contribution in [0.1, 0.15) is 38.8 Å². The van der Waals surface area contributed by atoms with E-state index in [1.807, 2.05) is 32.0 Å². The fourth-order valence-electron chi connectivity index (χ4n) is 2.00. The standard InChI is InChI=1S/C15H24ClNO2/c1-4-14(12-8-7-9-13(16)10-12)17-11-15(18-5-2)19-6-3/h7-10,14-15,17H,4-6,11H2,1-3H3. The van der Waals surface area contributed by atoms with Gasteiger partial charge in [0.05, 0.1) is 0 Å². The second-order valence-corrected chi connectivity index (χ2v) is 4.70. The van der Waals surface area contributed by atoms with Gasteiger partial charge in [-0.15, -0.1) is 0 Å². The lowest BCUT2D eigenvalue weighted by atomic mass is 10.0. The van der Waals surface area contributed by atoms with Crippen LogP contribution in [0.4, 0.5) is 0 Å². The normalized spacial score (nSPS) is 12.9. The monoisotopic (exact) mass is 285 g/mol. The molecule has 0 saturated heterocycles. The first-order valence-electron chi connectivity index (χ1n) is 6.93. The van der Waals surface area contributed by atoms with Gasteiger partial charge < -0.3 is 14.8 Å². The SMILES string of the molecule is CCOC(CNC(CC)c1cccc(Cl)c1)OCC. The fraction of sp³-hybridized carbons (Fsp3) is 0.600. The zero-order valence-corrected chi connectivity index (χ0v) is 12.7. The minimum atomic E-state index is -0.191. The van der Waals surface area contributed by atoms with E-state index < -0.39 is 0 Å². The van der Waals surface area contributed by atoms with E-state index in [1.54, 1.807) is 0 Å². The van der Waals surface area contributed by atoms with Gasteiger partial charge in [0.2, 0.25) is 0 Å². The molecule has 108 valence electrons. The lowest BCUT2D eigenvalue weighted by molar-refractivity contribution is -0.133. The molecule has 1 rings (SSSR count). The Bertz CT molecular complexity index is 354. The quantitative estimate of drug-likeness (QED) is 0.701. The summed E-state index contributed by atoms with van der Waals surface area (Å²) in [6.45, 7) is 8.07. The fourth-order valence-corrected chi connectivity index (χ4v) is 2.20. The summed E-state index contributed by atoms with van der Waals surface area (Å²) in [5, 5.41) is 4.24. The number of ether oxygens (including phenoxy) is 2. The number of hydrogen-bond donors (Lipinski definition) is 1. The summed E-state index contributed by atoms with van der Waals surface area (Å²) in [7, 11) is 0. The molecule has 1 aromatic rings. The predicted molar refractivity (Wildman–Crippen MR) is 79.5 cm³/mol. The third-order valence-corrected chi connectivity index (χ3v) is 3.13. The first-order valence-corrected chi connectivity index (χ1v) is 7.31. The summed E-state index contributed by atoms with van der Waals surface area (Å²) < 4.78 is 11.1. The van der Waals surface area contributed by atoms with E-state index in [2.05, 4.69) is 18.3 Å². The minimum absolute atomic E-state index is 0.191. The van der Waals surface area contributed by atoms with Crippen LogP contribution in [-0.4, -0.2) is 26.0 Å². The summed E-state index contributed by atoms with van der Waals surface area (Å²) in [5.74, 6) is 0. The Hall–Kier alpha value is -0.610. The molecule has 1 N–H and O–H groups in total. The molecule has 3 nitrogen and oxygen atoms in total. The molecule has 0 bridgehead atoms. The molecule has 0 saturated carbocycles. The highest BCUT2D eigenvalue weighted by Gasteiger charge is 2.13. The van der Waals surface area contributed by atoms with Crippen LogP contribution in [0.5, 0.6) is 0 Å². The minimum Gasteiger partial charge on any atom is -0.352 e. The molecule has 0 amide bonds. The van der Waals surface area contributed by atoms with Crippen molar-refractivity contribution in [3.05, 3.63) is 34.9 Å². The zero-order valence-electron chi connectivity index (χ0n) is 12.0. The predicted octanol–water partition coefficient (Wildman–Crippen LogP) is 3.78. The average molecular weight is 286 g/mol. The van der Waals surface area contributed by atoms with Crippen LogP contribution in [0.25, 0.3) is 0 Å². The van der Waals surface area contributed by atoms with E-state index in [1.165, 1.54) is 5.56 Å². The summed E-state index contributed by atoms with van der Waals surface area (Å²) in [5.41, 5.74) is 1.20. The van der Waals surface area contributed by atoms with Crippen molar-refractivity contribution in [1.82, 2.24) is 5.32 Å². The third kappa shape index (κ3) is 5.91. The van der Waals surface area contributed by atoms with Crippen molar-refractivity contribution < 1.29 is 9.47 Å². The molecule has 0 aliphatic heterocycles. The molecule has 0 heterocycles. The van der Waals surface area contributed by atoms with Crippen LogP contribution in [0.3, 0.4) is 0 Å².